The Morgan fingerprint density at radius 3 is 2.65 bits per heavy atom. The van der Waals surface area contributed by atoms with E-state index >= 15 is 0 Å². The zero-order valence-electron chi connectivity index (χ0n) is 12.3. The number of amides is 1. The Balaban J connectivity index is 2.03. The molecule has 0 unspecified atom stereocenters. The molecule has 0 heterocycles. The van der Waals surface area contributed by atoms with Gasteiger partial charge in [-0.1, -0.05) is 61.0 Å². The standard InChI is InChI=1S/C16H25BrN2O/c1-2-3-4-5-6-7-11-18-13-16(20)19-15-10-8-9-14(17)12-15/h8-10,12,18H,2-7,11,13H2,1H3,(H,19,20). The van der Waals surface area contributed by atoms with Gasteiger partial charge in [0, 0.05) is 10.2 Å². The first-order chi connectivity index (χ1) is 9.72. The average Bonchev–Trinajstić information content (AvgIpc) is 2.42. The highest BCUT2D eigenvalue weighted by Gasteiger charge is 2.01. The molecule has 112 valence electrons. The fourth-order valence-corrected chi connectivity index (χ4v) is 2.40. The molecule has 0 spiro atoms. The van der Waals surface area contributed by atoms with Gasteiger partial charge in [-0.05, 0) is 31.2 Å². The van der Waals surface area contributed by atoms with Crippen molar-refractivity contribution in [1.82, 2.24) is 5.32 Å². The summed E-state index contributed by atoms with van der Waals surface area (Å²) in [4.78, 5) is 11.7. The number of carbonyl (C=O) groups excluding carboxylic acids is 1. The van der Waals surface area contributed by atoms with Crippen LogP contribution >= 0.6 is 15.9 Å². The summed E-state index contributed by atoms with van der Waals surface area (Å²) in [7, 11) is 0. The van der Waals surface area contributed by atoms with Gasteiger partial charge in [0.15, 0.2) is 0 Å². The van der Waals surface area contributed by atoms with E-state index in [4.69, 9.17) is 0 Å². The van der Waals surface area contributed by atoms with Crippen molar-refractivity contribution in [2.24, 2.45) is 0 Å². The number of unbranched alkanes of at least 4 members (excludes halogenated alkanes) is 5. The quantitative estimate of drug-likeness (QED) is 0.622. The largest absolute Gasteiger partial charge is 0.325 e. The molecule has 0 saturated heterocycles. The van der Waals surface area contributed by atoms with Crippen LogP contribution in [-0.4, -0.2) is 19.0 Å². The summed E-state index contributed by atoms with van der Waals surface area (Å²) in [5.41, 5.74) is 0.825. The molecule has 20 heavy (non-hydrogen) atoms. The summed E-state index contributed by atoms with van der Waals surface area (Å²) in [5.74, 6) is 0.00841. The van der Waals surface area contributed by atoms with E-state index in [1.165, 1.54) is 32.1 Å². The zero-order chi connectivity index (χ0) is 14.6. The second-order valence-corrected chi connectivity index (χ2v) is 5.92. The lowest BCUT2D eigenvalue weighted by molar-refractivity contribution is -0.115. The smallest absolute Gasteiger partial charge is 0.238 e. The van der Waals surface area contributed by atoms with E-state index in [1.807, 2.05) is 24.3 Å². The fraction of sp³-hybridized carbons (Fsp3) is 0.562. The minimum atomic E-state index is 0.00841. The number of benzene rings is 1. The van der Waals surface area contributed by atoms with E-state index in [0.29, 0.717) is 6.54 Å². The van der Waals surface area contributed by atoms with Gasteiger partial charge in [0.25, 0.3) is 0 Å². The predicted molar refractivity (Wildman–Crippen MR) is 89.0 cm³/mol. The van der Waals surface area contributed by atoms with Crippen molar-refractivity contribution in [3.63, 3.8) is 0 Å². The number of hydrogen-bond acceptors (Lipinski definition) is 2. The molecule has 3 nitrogen and oxygen atoms in total. The Labute approximate surface area is 130 Å². The van der Waals surface area contributed by atoms with E-state index in [2.05, 4.69) is 33.5 Å². The number of anilines is 1. The molecule has 0 bridgehead atoms. The van der Waals surface area contributed by atoms with E-state index in [-0.39, 0.29) is 5.91 Å². The van der Waals surface area contributed by atoms with Crippen LogP contribution in [0.15, 0.2) is 28.7 Å². The van der Waals surface area contributed by atoms with Gasteiger partial charge in [0.2, 0.25) is 5.91 Å². The van der Waals surface area contributed by atoms with Gasteiger partial charge >= 0.3 is 0 Å². The molecule has 1 rings (SSSR count). The predicted octanol–water partition coefficient (Wildman–Crippen LogP) is 4.34. The van der Waals surface area contributed by atoms with E-state index in [0.717, 1.165) is 23.1 Å². The molecule has 1 aromatic rings. The van der Waals surface area contributed by atoms with Crippen LogP contribution in [0.4, 0.5) is 5.69 Å². The molecule has 0 saturated carbocycles. The van der Waals surface area contributed by atoms with Crippen LogP contribution in [0.5, 0.6) is 0 Å². The van der Waals surface area contributed by atoms with Gasteiger partial charge in [-0.15, -0.1) is 0 Å². The van der Waals surface area contributed by atoms with Crippen molar-refractivity contribution >= 4 is 27.5 Å². The summed E-state index contributed by atoms with van der Waals surface area (Å²) in [6, 6.07) is 7.62. The summed E-state index contributed by atoms with van der Waals surface area (Å²) < 4.78 is 0.968. The highest BCUT2D eigenvalue weighted by molar-refractivity contribution is 9.10. The van der Waals surface area contributed by atoms with Crippen LogP contribution in [0.3, 0.4) is 0 Å². The second-order valence-electron chi connectivity index (χ2n) is 5.00. The zero-order valence-corrected chi connectivity index (χ0v) is 13.8. The maximum absolute atomic E-state index is 11.7. The molecule has 1 aromatic carbocycles. The molecule has 4 heteroatoms. The molecule has 0 radical (unpaired) electrons. The number of halogens is 1. The average molecular weight is 341 g/mol. The van der Waals surface area contributed by atoms with Crippen molar-refractivity contribution in [1.29, 1.82) is 0 Å². The molecule has 0 aromatic heterocycles. The summed E-state index contributed by atoms with van der Waals surface area (Å²) in [5, 5.41) is 6.06. The minimum Gasteiger partial charge on any atom is -0.325 e. The fourth-order valence-electron chi connectivity index (χ4n) is 2.00. The Hall–Kier alpha value is -0.870. The third kappa shape index (κ3) is 8.33. The van der Waals surface area contributed by atoms with Crippen LogP contribution < -0.4 is 10.6 Å². The normalized spacial score (nSPS) is 10.5. The summed E-state index contributed by atoms with van der Waals surface area (Å²) in [6.45, 7) is 3.52. The maximum Gasteiger partial charge on any atom is 0.238 e. The minimum absolute atomic E-state index is 0.00841. The molecule has 1 amide bonds. The molecule has 0 atom stereocenters. The number of nitrogens with one attached hydrogen (secondary N) is 2. The first-order valence-corrected chi connectivity index (χ1v) is 8.28. The molecule has 0 aliphatic rings. The third-order valence-corrected chi connectivity index (χ3v) is 3.59. The van der Waals surface area contributed by atoms with E-state index < -0.39 is 0 Å². The van der Waals surface area contributed by atoms with Crippen LogP contribution in [0.25, 0.3) is 0 Å². The first-order valence-electron chi connectivity index (χ1n) is 7.48. The highest BCUT2D eigenvalue weighted by atomic mass is 79.9. The Kier molecular flexibility index (Phi) is 9.33. The number of carbonyl (C=O) groups is 1. The van der Waals surface area contributed by atoms with Crippen LogP contribution in [0.2, 0.25) is 0 Å². The molecule has 2 N–H and O–H groups in total. The molecule has 0 fully saturated rings. The highest BCUT2D eigenvalue weighted by Crippen LogP contribution is 2.15. The lowest BCUT2D eigenvalue weighted by Crippen LogP contribution is -2.28. The topological polar surface area (TPSA) is 41.1 Å². The molecule has 0 aliphatic carbocycles. The van der Waals surface area contributed by atoms with Crippen molar-refractivity contribution in [2.75, 3.05) is 18.4 Å². The lowest BCUT2D eigenvalue weighted by atomic mass is 10.1. The number of hydrogen-bond donors (Lipinski definition) is 2. The van der Waals surface area contributed by atoms with Crippen molar-refractivity contribution < 1.29 is 4.79 Å². The Bertz CT molecular complexity index is 396. The van der Waals surface area contributed by atoms with Crippen LogP contribution in [-0.2, 0) is 4.79 Å². The van der Waals surface area contributed by atoms with Crippen molar-refractivity contribution in [2.45, 2.75) is 45.4 Å². The van der Waals surface area contributed by atoms with Gasteiger partial charge in [-0.2, -0.15) is 0 Å². The van der Waals surface area contributed by atoms with Crippen molar-refractivity contribution in [3.05, 3.63) is 28.7 Å². The van der Waals surface area contributed by atoms with Gasteiger partial charge in [0.1, 0.15) is 0 Å². The van der Waals surface area contributed by atoms with E-state index in [9.17, 15) is 4.79 Å². The Morgan fingerprint density at radius 2 is 1.90 bits per heavy atom. The SMILES string of the molecule is CCCCCCCCNCC(=O)Nc1cccc(Br)c1. The Morgan fingerprint density at radius 1 is 1.15 bits per heavy atom. The van der Waals surface area contributed by atoms with Gasteiger partial charge in [-0.25, -0.2) is 0 Å². The van der Waals surface area contributed by atoms with Crippen molar-refractivity contribution in [3.8, 4) is 0 Å². The maximum atomic E-state index is 11.7. The molecule has 0 aliphatic heterocycles. The number of rotatable bonds is 10. The van der Waals surface area contributed by atoms with Crippen LogP contribution in [0, 0.1) is 0 Å². The van der Waals surface area contributed by atoms with Crippen LogP contribution in [0.1, 0.15) is 45.4 Å². The van der Waals surface area contributed by atoms with Gasteiger partial charge in [-0.3, -0.25) is 4.79 Å². The molecular weight excluding hydrogens is 316 g/mol. The van der Waals surface area contributed by atoms with Gasteiger partial charge < -0.3 is 10.6 Å². The lowest BCUT2D eigenvalue weighted by Gasteiger charge is -2.07. The molecular formula is C16H25BrN2O. The van der Waals surface area contributed by atoms with E-state index in [1.54, 1.807) is 0 Å². The first kappa shape index (κ1) is 17.2. The summed E-state index contributed by atoms with van der Waals surface area (Å²) in [6.07, 6.45) is 7.66. The van der Waals surface area contributed by atoms with Gasteiger partial charge in [0.05, 0.1) is 6.54 Å². The third-order valence-electron chi connectivity index (χ3n) is 3.10. The summed E-state index contributed by atoms with van der Waals surface area (Å²) >= 11 is 3.38. The monoisotopic (exact) mass is 340 g/mol. The second kappa shape index (κ2) is 10.9.